The SMILES string of the molecule is COC(=O)c1cnc2c(c1)n(Cc1nc(C)nn1C)c(=O)n2C1CCCCC1. The Balaban J connectivity index is 1.90. The van der Waals surface area contributed by atoms with Crippen LogP contribution in [-0.2, 0) is 18.3 Å². The van der Waals surface area contributed by atoms with E-state index >= 15 is 0 Å². The third kappa shape index (κ3) is 3.10. The molecule has 0 N–H and O–H groups in total. The van der Waals surface area contributed by atoms with Gasteiger partial charge in [-0.2, -0.15) is 5.10 Å². The zero-order valence-electron chi connectivity index (χ0n) is 16.4. The fourth-order valence-electron chi connectivity index (χ4n) is 4.04. The van der Waals surface area contributed by atoms with Crippen LogP contribution in [0.2, 0.25) is 0 Å². The van der Waals surface area contributed by atoms with Gasteiger partial charge in [-0.25, -0.2) is 19.6 Å². The number of carbonyl (C=O) groups is 1. The lowest BCUT2D eigenvalue weighted by Gasteiger charge is -2.22. The molecule has 0 radical (unpaired) electrons. The Morgan fingerprint density at radius 2 is 2.04 bits per heavy atom. The lowest BCUT2D eigenvalue weighted by atomic mass is 9.95. The van der Waals surface area contributed by atoms with Gasteiger partial charge in [-0.05, 0) is 25.8 Å². The van der Waals surface area contributed by atoms with E-state index in [0.717, 1.165) is 25.7 Å². The third-order valence-electron chi connectivity index (χ3n) is 5.42. The summed E-state index contributed by atoms with van der Waals surface area (Å²) in [5.41, 5.74) is 1.40. The van der Waals surface area contributed by atoms with Gasteiger partial charge in [0.25, 0.3) is 0 Å². The van der Waals surface area contributed by atoms with Crippen LogP contribution in [0.15, 0.2) is 17.1 Å². The average Bonchev–Trinajstić information content (AvgIpc) is 3.17. The summed E-state index contributed by atoms with van der Waals surface area (Å²) in [4.78, 5) is 34.3. The van der Waals surface area contributed by atoms with Gasteiger partial charge in [0.2, 0.25) is 0 Å². The molecule has 0 saturated heterocycles. The van der Waals surface area contributed by atoms with Crippen molar-refractivity contribution >= 4 is 17.1 Å². The first-order chi connectivity index (χ1) is 13.5. The van der Waals surface area contributed by atoms with Gasteiger partial charge in [-0.3, -0.25) is 13.8 Å². The highest BCUT2D eigenvalue weighted by Gasteiger charge is 2.25. The maximum atomic E-state index is 13.4. The molecule has 0 unspecified atom stereocenters. The van der Waals surface area contributed by atoms with Crippen molar-refractivity contribution < 1.29 is 9.53 Å². The number of fused-ring (bicyclic) bond motifs is 1. The summed E-state index contributed by atoms with van der Waals surface area (Å²) in [7, 11) is 3.13. The predicted octanol–water partition coefficient (Wildman–Crippen LogP) is 1.98. The molecule has 0 spiro atoms. The van der Waals surface area contributed by atoms with Crippen molar-refractivity contribution in [3.8, 4) is 0 Å². The molecule has 0 aromatic carbocycles. The number of aryl methyl sites for hydroxylation is 2. The summed E-state index contributed by atoms with van der Waals surface area (Å²) in [6.45, 7) is 2.08. The molecule has 1 saturated carbocycles. The number of rotatable bonds is 4. The van der Waals surface area contributed by atoms with E-state index in [-0.39, 0.29) is 18.3 Å². The quantitative estimate of drug-likeness (QED) is 0.638. The van der Waals surface area contributed by atoms with Crippen LogP contribution in [0.5, 0.6) is 0 Å². The summed E-state index contributed by atoms with van der Waals surface area (Å²) in [5.74, 6) is 0.842. The average molecular weight is 384 g/mol. The number of aromatic nitrogens is 6. The first-order valence-electron chi connectivity index (χ1n) is 9.55. The fraction of sp³-hybridized carbons (Fsp3) is 0.526. The zero-order valence-corrected chi connectivity index (χ0v) is 16.4. The minimum absolute atomic E-state index is 0.128. The summed E-state index contributed by atoms with van der Waals surface area (Å²) in [6, 6.07) is 1.81. The van der Waals surface area contributed by atoms with Crippen LogP contribution in [0.4, 0.5) is 0 Å². The van der Waals surface area contributed by atoms with E-state index < -0.39 is 5.97 Å². The van der Waals surface area contributed by atoms with Crippen LogP contribution in [0.25, 0.3) is 11.2 Å². The highest BCUT2D eigenvalue weighted by molar-refractivity contribution is 5.92. The molecule has 9 nitrogen and oxygen atoms in total. The normalized spacial score (nSPS) is 15.2. The van der Waals surface area contributed by atoms with Gasteiger partial charge in [0.1, 0.15) is 11.6 Å². The van der Waals surface area contributed by atoms with E-state index in [9.17, 15) is 9.59 Å². The summed E-state index contributed by atoms with van der Waals surface area (Å²) < 4.78 is 9.91. The van der Waals surface area contributed by atoms with Crippen molar-refractivity contribution in [3.63, 3.8) is 0 Å². The molecule has 1 aliphatic carbocycles. The van der Waals surface area contributed by atoms with Crippen LogP contribution >= 0.6 is 0 Å². The maximum absolute atomic E-state index is 13.4. The van der Waals surface area contributed by atoms with Gasteiger partial charge in [0, 0.05) is 19.3 Å². The molecule has 3 aromatic heterocycles. The number of pyridine rings is 1. The summed E-state index contributed by atoms with van der Waals surface area (Å²) in [6.07, 6.45) is 6.80. The van der Waals surface area contributed by atoms with Crippen molar-refractivity contribution in [2.75, 3.05) is 7.11 Å². The fourth-order valence-corrected chi connectivity index (χ4v) is 4.04. The Kier molecular flexibility index (Phi) is 4.74. The monoisotopic (exact) mass is 384 g/mol. The topological polar surface area (TPSA) is 96.8 Å². The number of esters is 1. The molecule has 1 fully saturated rings. The van der Waals surface area contributed by atoms with Crippen LogP contribution < -0.4 is 5.69 Å². The minimum Gasteiger partial charge on any atom is -0.465 e. The standard InChI is InChI=1S/C19H24N6O3/c1-12-21-16(23(2)22-12)11-24-15-9-13(18(26)28-3)10-20-17(15)25(19(24)27)14-7-5-4-6-8-14/h9-10,14H,4-8,11H2,1-3H3. The molecule has 0 bridgehead atoms. The van der Waals surface area contributed by atoms with Crippen molar-refractivity contribution in [2.24, 2.45) is 7.05 Å². The summed E-state index contributed by atoms with van der Waals surface area (Å²) >= 11 is 0. The molecule has 3 heterocycles. The van der Waals surface area contributed by atoms with E-state index in [1.54, 1.807) is 26.9 Å². The lowest BCUT2D eigenvalue weighted by Crippen LogP contribution is -2.29. The maximum Gasteiger partial charge on any atom is 0.339 e. The third-order valence-corrected chi connectivity index (χ3v) is 5.42. The minimum atomic E-state index is -0.478. The van der Waals surface area contributed by atoms with E-state index in [4.69, 9.17) is 4.74 Å². The molecule has 0 amide bonds. The molecular formula is C19H24N6O3. The van der Waals surface area contributed by atoms with Crippen molar-refractivity contribution in [1.82, 2.24) is 28.9 Å². The largest absolute Gasteiger partial charge is 0.465 e. The Hall–Kier alpha value is -2.97. The highest BCUT2D eigenvalue weighted by atomic mass is 16.5. The number of nitrogens with zero attached hydrogens (tertiary/aromatic N) is 6. The van der Waals surface area contributed by atoms with Crippen molar-refractivity contribution in [3.05, 3.63) is 40.0 Å². The van der Waals surface area contributed by atoms with Crippen LogP contribution in [0.3, 0.4) is 0 Å². The van der Waals surface area contributed by atoms with Gasteiger partial charge < -0.3 is 4.74 Å². The lowest BCUT2D eigenvalue weighted by molar-refractivity contribution is 0.0600. The molecule has 4 rings (SSSR count). The zero-order chi connectivity index (χ0) is 19.8. The van der Waals surface area contributed by atoms with Crippen molar-refractivity contribution in [1.29, 1.82) is 0 Å². The Labute approximate surface area is 162 Å². The molecule has 9 heteroatoms. The van der Waals surface area contributed by atoms with Crippen molar-refractivity contribution in [2.45, 2.75) is 51.6 Å². The number of hydrogen-bond acceptors (Lipinski definition) is 6. The van der Waals surface area contributed by atoms with E-state index in [1.807, 2.05) is 6.92 Å². The van der Waals surface area contributed by atoms with Gasteiger partial charge >= 0.3 is 11.7 Å². The number of carbonyl (C=O) groups excluding carboxylic acids is 1. The Morgan fingerprint density at radius 1 is 1.29 bits per heavy atom. The second-order valence-corrected chi connectivity index (χ2v) is 7.29. The number of methoxy groups -OCH3 is 1. The number of ether oxygens (including phenoxy) is 1. The molecule has 1 aliphatic rings. The number of imidazole rings is 1. The summed E-state index contributed by atoms with van der Waals surface area (Å²) in [5, 5.41) is 4.27. The molecule has 3 aromatic rings. The molecule has 0 atom stereocenters. The predicted molar refractivity (Wildman–Crippen MR) is 102 cm³/mol. The van der Waals surface area contributed by atoms with Crippen LogP contribution in [0, 0.1) is 6.92 Å². The Morgan fingerprint density at radius 3 is 2.68 bits per heavy atom. The van der Waals surface area contributed by atoms with Gasteiger partial charge in [0.05, 0.1) is 24.7 Å². The van der Waals surface area contributed by atoms with Crippen LogP contribution in [-0.4, -0.2) is 42.0 Å². The molecule has 0 aliphatic heterocycles. The smallest absolute Gasteiger partial charge is 0.339 e. The van der Waals surface area contributed by atoms with Gasteiger partial charge in [0.15, 0.2) is 5.65 Å². The first kappa shape index (κ1) is 18.4. The van der Waals surface area contributed by atoms with Gasteiger partial charge in [-0.15, -0.1) is 0 Å². The second-order valence-electron chi connectivity index (χ2n) is 7.29. The number of hydrogen-bond donors (Lipinski definition) is 0. The Bertz CT molecular complexity index is 1090. The van der Waals surface area contributed by atoms with E-state index in [0.29, 0.717) is 28.4 Å². The molecule has 148 valence electrons. The first-order valence-corrected chi connectivity index (χ1v) is 9.55. The van der Waals surface area contributed by atoms with Gasteiger partial charge in [-0.1, -0.05) is 19.3 Å². The molecular weight excluding hydrogens is 360 g/mol. The van der Waals surface area contributed by atoms with E-state index in [1.165, 1.54) is 19.7 Å². The van der Waals surface area contributed by atoms with Crippen LogP contribution in [0.1, 0.15) is 60.2 Å². The van der Waals surface area contributed by atoms with E-state index in [2.05, 4.69) is 15.1 Å². The molecule has 28 heavy (non-hydrogen) atoms. The highest BCUT2D eigenvalue weighted by Crippen LogP contribution is 2.29. The second kappa shape index (κ2) is 7.21.